The molecule has 0 saturated carbocycles. The zero-order valence-electron chi connectivity index (χ0n) is 14.2. The summed E-state index contributed by atoms with van der Waals surface area (Å²) in [6.45, 7) is 0.630. The van der Waals surface area contributed by atoms with E-state index in [1.165, 1.54) is 18.2 Å². The van der Waals surface area contributed by atoms with Crippen LogP contribution in [0.1, 0.15) is 21.7 Å². The molecule has 1 N–H and O–H groups in total. The summed E-state index contributed by atoms with van der Waals surface area (Å²) >= 11 is 0. The van der Waals surface area contributed by atoms with Crippen molar-refractivity contribution in [3.63, 3.8) is 0 Å². The topological polar surface area (TPSA) is 56.2 Å². The van der Waals surface area contributed by atoms with E-state index in [4.69, 9.17) is 0 Å². The van der Waals surface area contributed by atoms with Crippen molar-refractivity contribution in [3.8, 4) is 11.4 Å². The molecule has 0 aliphatic carbocycles. The lowest BCUT2D eigenvalue weighted by molar-refractivity contribution is -0.0497. The van der Waals surface area contributed by atoms with Crippen molar-refractivity contribution < 1.29 is 18.3 Å². The van der Waals surface area contributed by atoms with Gasteiger partial charge in [-0.25, -0.2) is 4.68 Å². The minimum absolute atomic E-state index is 0.0220. The molecule has 0 aliphatic rings. The Labute approximate surface area is 149 Å². The van der Waals surface area contributed by atoms with Gasteiger partial charge in [-0.05, 0) is 38.1 Å². The number of halogens is 2. The van der Waals surface area contributed by atoms with Gasteiger partial charge in [0.05, 0.1) is 22.6 Å². The molecule has 7 heteroatoms. The Morgan fingerprint density at radius 3 is 2.54 bits per heavy atom. The Bertz CT molecular complexity index is 924. The predicted molar refractivity (Wildman–Crippen MR) is 94.1 cm³/mol. The number of hydrogen-bond donors (Lipinski definition) is 1. The molecule has 1 aromatic heterocycles. The molecule has 0 aliphatic heterocycles. The minimum Gasteiger partial charge on any atom is -0.435 e. The van der Waals surface area contributed by atoms with Gasteiger partial charge in [0, 0.05) is 11.8 Å². The Balaban J connectivity index is 1.86. The normalized spacial score (nSPS) is 10.8. The van der Waals surface area contributed by atoms with Gasteiger partial charge < -0.3 is 10.1 Å². The maximum atomic E-state index is 12.7. The number of alkyl halides is 2. The summed E-state index contributed by atoms with van der Waals surface area (Å²) in [6.07, 6.45) is 0. The van der Waals surface area contributed by atoms with Gasteiger partial charge in [0.15, 0.2) is 0 Å². The van der Waals surface area contributed by atoms with Gasteiger partial charge in [-0.1, -0.05) is 24.3 Å². The van der Waals surface area contributed by atoms with Crippen LogP contribution in [0.15, 0.2) is 54.6 Å². The number of carbonyl (C=O) groups is 1. The number of para-hydroxylation sites is 1. The fourth-order valence-electron chi connectivity index (χ4n) is 2.74. The predicted octanol–water partition coefficient (Wildman–Crippen LogP) is 4.34. The number of aryl methyl sites for hydroxylation is 1. The van der Waals surface area contributed by atoms with E-state index in [-0.39, 0.29) is 11.7 Å². The van der Waals surface area contributed by atoms with E-state index < -0.39 is 6.61 Å². The summed E-state index contributed by atoms with van der Waals surface area (Å²) in [6, 6.07) is 15.3. The zero-order chi connectivity index (χ0) is 18.7. The Morgan fingerprint density at radius 2 is 1.85 bits per heavy atom. The molecule has 2 aromatic carbocycles. The van der Waals surface area contributed by atoms with Crippen LogP contribution in [0.4, 0.5) is 14.5 Å². The zero-order valence-corrected chi connectivity index (χ0v) is 14.2. The molecule has 26 heavy (non-hydrogen) atoms. The molecule has 0 saturated heterocycles. The maximum Gasteiger partial charge on any atom is 0.387 e. The smallest absolute Gasteiger partial charge is 0.387 e. The van der Waals surface area contributed by atoms with Gasteiger partial charge in [0.2, 0.25) is 0 Å². The summed E-state index contributed by atoms with van der Waals surface area (Å²) in [5, 5.41) is 7.13. The van der Waals surface area contributed by atoms with Crippen LogP contribution >= 0.6 is 0 Å². The number of hydrogen-bond acceptors (Lipinski definition) is 3. The van der Waals surface area contributed by atoms with Crippen molar-refractivity contribution in [2.45, 2.75) is 20.5 Å². The Morgan fingerprint density at radius 1 is 1.12 bits per heavy atom. The van der Waals surface area contributed by atoms with Crippen molar-refractivity contribution in [3.05, 3.63) is 71.5 Å². The van der Waals surface area contributed by atoms with Crippen molar-refractivity contribution in [1.29, 1.82) is 0 Å². The second kappa shape index (κ2) is 7.35. The Kier molecular flexibility index (Phi) is 4.97. The molecule has 0 bridgehead atoms. The van der Waals surface area contributed by atoms with Crippen molar-refractivity contribution >= 4 is 11.6 Å². The van der Waals surface area contributed by atoms with Crippen LogP contribution in [0.25, 0.3) is 5.69 Å². The molecule has 3 rings (SSSR count). The van der Waals surface area contributed by atoms with Crippen LogP contribution in [-0.4, -0.2) is 22.3 Å². The molecule has 0 radical (unpaired) electrons. The SMILES string of the molecule is Cc1nn(-c2ccccc2)c(C)c1C(=O)Nc1cccc(OC(F)F)c1. The van der Waals surface area contributed by atoms with Gasteiger partial charge in [0.25, 0.3) is 5.91 Å². The third-order valence-electron chi connectivity index (χ3n) is 3.84. The van der Waals surface area contributed by atoms with Crippen molar-refractivity contribution in [2.75, 3.05) is 5.32 Å². The van der Waals surface area contributed by atoms with E-state index in [0.717, 1.165) is 5.69 Å². The van der Waals surface area contributed by atoms with E-state index in [2.05, 4.69) is 15.2 Å². The quantitative estimate of drug-likeness (QED) is 0.739. The molecule has 0 spiro atoms. The minimum atomic E-state index is -2.92. The van der Waals surface area contributed by atoms with Crippen molar-refractivity contribution in [1.82, 2.24) is 9.78 Å². The van der Waals surface area contributed by atoms with Crippen LogP contribution in [0.5, 0.6) is 5.75 Å². The fraction of sp³-hybridized carbons (Fsp3) is 0.158. The summed E-state index contributed by atoms with van der Waals surface area (Å²) in [5.74, 6) is -0.386. The third-order valence-corrected chi connectivity index (χ3v) is 3.84. The number of nitrogens with zero attached hydrogens (tertiary/aromatic N) is 2. The van der Waals surface area contributed by atoms with Crippen LogP contribution < -0.4 is 10.1 Å². The molecule has 1 amide bonds. The van der Waals surface area contributed by atoms with Crippen molar-refractivity contribution in [2.24, 2.45) is 0 Å². The number of amides is 1. The molecule has 3 aromatic rings. The molecule has 1 heterocycles. The molecular formula is C19H17F2N3O2. The van der Waals surface area contributed by atoms with Crippen LogP contribution in [0.3, 0.4) is 0 Å². The number of anilines is 1. The average molecular weight is 357 g/mol. The molecule has 0 atom stereocenters. The lowest BCUT2D eigenvalue weighted by Crippen LogP contribution is -2.14. The maximum absolute atomic E-state index is 12.7. The Hall–Kier alpha value is -3.22. The highest BCUT2D eigenvalue weighted by Crippen LogP contribution is 2.22. The highest BCUT2D eigenvalue weighted by molar-refractivity contribution is 6.06. The summed E-state index contributed by atoms with van der Waals surface area (Å²) in [7, 11) is 0. The first-order chi connectivity index (χ1) is 12.5. The fourth-order valence-corrected chi connectivity index (χ4v) is 2.74. The lowest BCUT2D eigenvalue weighted by Gasteiger charge is -2.09. The number of aromatic nitrogens is 2. The number of carbonyl (C=O) groups excluding carboxylic acids is 1. The standard InChI is InChI=1S/C19H17F2N3O2/c1-12-17(13(2)24(23-12)15-8-4-3-5-9-15)18(25)22-14-7-6-10-16(11-14)26-19(20)21/h3-11,19H,1-2H3,(H,22,25). The van der Waals surface area contributed by atoms with Gasteiger partial charge in [0.1, 0.15) is 5.75 Å². The largest absolute Gasteiger partial charge is 0.435 e. The molecule has 5 nitrogen and oxygen atoms in total. The van der Waals surface area contributed by atoms with Gasteiger partial charge in [-0.2, -0.15) is 13.9 Å². The second-order valence-electron chi connectivity index (χ2n) is 5.65. The average Bonchev–Trinajstić information content (AvgIpc) is 2.90. The van der Waals surface area contributed by atoms with Gasteiger partial charge >= 0.3 is 6.61 Å². The summed E-state index contributed by atoms with van der Waals surface area (Å²) in [5.41, 5.74) is 2.91. The van der Waals surface area contributed by atoms with Crippen LogP contribution in [-0.2, 0) is 0 Å². The van der Waals surface area contributed by atoms with E-state index in [1.54, 1.807) is 24.6 Å². The first-order valence-corrected chi connectivity index (χ1v) is 7.93. The molecule has 0 fully saturated rings. The highest BCUT2D eigenvalue weighted by atomic mass is 19.3. The number of rotatable bonds is 5. The van der Waals surface area contributed by atoms with Gasteiger partial charge in [-0.3, -0.25) is 4.79 Å². The molecular weight excluding hydrogens is 340 g/mol. The van der Waals surface area contributed by atoms with Crippen LogP contribution in [0, 0.1) is 13.8 Å². The van der Waals surface area contributed by atoms with E-state index in [0.29, 0.717) is 22.6 Å². The van der Waals surface area contributed by atoms with Crippen LogP contribution in [0.2, 0.25) is 0 Å². The number of nitrogens with one attached hydrogen (secondary N) is 1. The molecule has 0 unspecified atom stereocenters. The third kappa shape index (κ3) is 3.72. The van der Waals surface area contributed by atoms with Gasteiger partial charge in [-0.15, -0.1) is 0 Å². The monoisotopic (exact) mass is 357 g/mol. The highest BCUT2D eigenvalue weighted by Gasteiger charge is 2.19. The lowest BCUT2D eigenvalue weighted by atomic mass is 10.1. The second-order valence-corrected chi connectivity index (χ2v) is 5.65. The summed E-state index contributed by atoms with van der Waals surface area (Å²) in [4.78, 5) is 12.7. The first kappa shape index (κ1) is 17.6. The number of benzene rings is 2. The molecule has 134 valence electrons. The van der Waals surface area contributed by atoms with E-state index in [1.807, 2.05) is 30.3 Å². The van der Waals surface area contributed by atoms with E-state index >= 15 is 0 Å². The van der Waals surface area contributed by atoms with E-state index in [9.17, 15) is 13.6 Å². The first-order valence-electron chi connectivity index (χ1n) is 7.93. The summed E-state index contributed by atoms with van der Waals surface area (Å²) < 4.78 is 30.7. The number of ether oxygens (including phenoxy) is 1.